The summed E-state index contributed by atoms with van der Waals surface area (Å²) in [7, 11) is 0. The third-order valence-corrected chi connectivity index (χ3v) is 6.99. The Hall–Kier alpha value is -2.31. The van der Waals surface area contributed by atoms with Gasteiger partial charge in [0, 0.05) is 24.8 Å². The van der Waals surface area contributed by atoms with Crippen molar-refractivity contribution in [3.8, 4) is 5.75 Å². The zero-order valence-corrected chi connectivity index (χ0v) is 21.5. The molecular weight excluding hydrogens is 485 g/mol. The highest BCUT2D eigenvalue weighted by atomic mass is 35.5. The lowest BCUT2D eigenvalue weighted by atomic mass is 9.94. The van der Waals surface area contributed by atoms with E-state index in [1.54, 1.807) is 0 Å². The van der Waals surface area contributed by atoms with E-state index in [0.717, 1.165) is 42.9 Å². The maximum absolute atomic E-state index is 6.37. The number of hydrogen-bond donors (Lipinski definition) is 2. The van der Waals surface area contributed by atoms with Gasteiger partial charge in [0.15, 0.2) is 5.11 Å². The molecular formula is C27H29Cl2N3OS. The first kappa shape index (κ1) is 24.8. The van der Waals surface area contributed by atoms with Gasteiger partial charge in [-0.15, -0.1) is 0 Å². The summed E-state index contributed by atoms with van der Waals surface area (Å²) in [6.07, 6.45) is 1.99. The van der Waals surface area contributed by atoms with E-state index >= 15 is 0 Å². The molecule has 1 fully saturated rings. The molecule has 4 rings (SSSR count). The smallest absolute Gasteiger partial charge is 0.170 e. The number of halogens is 2. The summed E-state index contributed by atoms with van der Waals surface area (Å²) < 4.78 is 5.50. The molecule has 3 aromatic carbocycles. The highest BCUT2D eigenvalue weighted by molar-refractivity contribution is 7.80. The molecule has 34 heavy (non-hydrogen) atoms. The number of anilines is 1. The zero-order chi connectivity index (χ0) is 23.9. The SMILES string of the molecule is CCOc1ccc(NC(=S)NC2CCN(C(c3ccccc3)c3ccc(Cl)c(Cl)c3)CC2)cc1. The minimum Gasteiger partial charge on any atom is -0.494 e. The Morgan fingerprint density at radius 3 is 2.32 bits per heavy atom. The standard InChI is InChI=1S/C27H29Cl2N3OS/c1-2-33-23-11-9-21(10-12-23)30-27(34)31-22-14-16-32(17-15-22)26(19-6-4-3-5-7-19)20-8-13-24(28)25(29)18-20/h3-13,18,22,26H,2,14-17H2,1H3,(H2,30,31,34). The van der Waals surface area contributed by atoms with Crippen molar-refractivity contribution in [1.29, 1.82) is 0 Å². The summed E-state index contributed by atoms with van der Waals surface area (Å²) in [5.41, 5.74) is 3.35. The lowest BCUT2D eigenvalue weighted by Crippen LogP contribution is -2.46. The molecule has 1 aliphatic heterocycles. The van der Waals surface area contributed by atoms with Crippen LogP contribution in [0, 0.1) is 0 Å². The predicted octanol–water partition coefficient (Wildman–Crippen LogP) is 6.93. The molecule has 0 amide bonds. The van der Waals surface area contributed by atoms with Gasteiger partial charge < -0.3 is 15.4 Å². The number of ether oxygens (including phenoxy) is 1. The molecule has 2 N–H and O–H groups in total. The fourth-order valence-electron chi connectivity index (χ4n) is 4.39. The van der Waals surface area contributed by atoms with Gasteiger partial charge in [-0.1, -0.05) is 59.6 Å². The quantitative estimate of drug-likeness (QED) is 0.335. The van der Waals surface area contributed by atoms with Crippen molar-refractivity contribution in [2.75, 3.05) is 25.0 Å². The average Bonchev–Trinajstić information content (AvgIpc) is 2.85. The van der Waals surface area contributed by atoms with Crippen LogP contribution in [0.25, 0.3) is 0 Å². The van der Waals surface area contributed by atoms with Crippen molar-refractivity contribution in [2.24, 2.45) is 0 Å². The van der Waals surface area contributed by atoms with E-state index in [9.17, 15) is 0 Å². The maximum Gasteiger partial charge on any atom is 0.170 e. The van der Waals surface area contributed by atoms with Crippen LogP contribution < -0.4 is 15.4 Å². The lowest BCUT2D eigenvalue weighted by Gasteiger charge is -2.38. The van der Waals surface area contributed by atoms with Gasteiger partial charge in [0.2, 0.25) is 0 Å². The Morgan fingerprint density at radius 2 is 1.68 bits per heavy atom. The van der Waals surface area contributed by atoms with Crippen LogP contribution in [0.2, 0.25) is 10.0 Å². The van der Waals surface area contributed by atoms with Gasteiger partial charge in [-0.3, -0.25) is 4.90 Å². The molecule has 0 spiro atoms. The second-order valence-electron chi connectivity index (χ2n) is 8.35. The molecule has 0 saturated carbocycles. The normalized spacial score (nSPS) is 15.5. The minimum absolute atomic E-state index is 0.130. The Balaban J connectivity index is 1.37. The lowest BCUT2D eigenvalue weighted by molar-refractivity contribution is 0.169. The van der Waals surface area contributed by atoms with Crippen molar-refractivity contribution < 1.29 is 4.74 Å². The molecule has 0 aromatic heterocycles. The summed E-state index contributed by atoms with van der Waals surface area (Å²) in [6, 6.07) is 24.8. The first-order chi connectivity index (χ1) is 16.5. The van der Waals surface area contributed by atoms with Crippen molar-refractivity contribution in [3.05, 3.63) is 94.0 Å². The summed E-state index contributed by atoms with van der Waals surface area (Å²) in [5, 5.41) is 8.57. The molecule has 1 unspecified atom stereocenters. The molecule has 1 atom stereocenters. The fraction of sp³-hybridized carbons (Fsp3) is 0.296. The third-order valence-electron chi connectivity index (χ3n) is 6.03. The van der Waals surface area contributed by atoms with E-state index in [2.05, 4.69) is 45.9 Å². The van der Waals surface area contributed by atoms with Crippen molar-refractivity contribution in [2.45, 2.75) is 31.8 Å². The number of likely N-dealkylation sites (tertiary alicyclic amines) is 1. The number of nitrogens with one attached hydrogen (secondary N) is 2. The van der Waals surface area contributed by atoms with Gasteiger partial charge in [-0.25, -0.2) is 0 Å². The van der Waals surface area contributed by atoms with Gasteiger partial charge in [0.05, 0.1) is 22.7 Å². The van der Waals surface area contributed by atoms with Crippen molar-refractivity contribution >= 4 is 46.2 Å². The van der Waals surface area contributed by atoms with Crippen molar-refractivity contribution in [3.63, 3.8) is 0 Å². The van der Waals surface area contributed by atoms with Crippen LogP contribution in [-0.2, 0) is 0 Å². The molecule has 0 aliphatic carbocycles. The van der Waals surface area contributed by atoms with E-state index in [0.29, 0.717) is 27.8 Å². The monoisotopic (exact) mass is 513 g/mol. The van der Waals surface area contributed by atoms with Gasteiger partial charge >= 0.3 is 0 Å². The van der Waals surface area contributed by atoms with E-state index < -0.39 is 0 Å². The zero-order valence-electron chi connectivity index (χ0n) is 19.1. The van der Waals surface area contributed by atoms with Crippen molar-refractivity contribution in [1.82, 2.24) is 10.2 Å². The number of benzene rings is 3. The molecule has 1 heterocycles. The van der Waals surface area contributed by atoms with Gasteiger partial charge in [-0.2, -0.15) is 0 Å². The molecule has 1 aliphatic rings. The second-order valence-corrected chi connectivity index (χ2v) is 9.58. The Bertz CT molecular complexity index is 1090. The van der Waals surface area contributed by atoms with Crippen LogP contribution in [0.3, 0.4) is 0 Å². The number of hydrogen-bond acceptors (Lipinski definition) is 3. The average molecular weight is 515 g/mol. The molecule has 0 bridgehead atoms. The highest BCUT2D eigenvalue weighted by Crippen LogP contribution is 2.34. The Morgan fingerprint density at radius 1 is 0.971 bits per heavy atom. The van der Waals surface area contributed by atoms with Crippen LogP contribution in [0.5, 0.6) is 5.75 Å². The fourth-order valence-corrected chi connectivity index (χ4v) is 4.98. The van der Waals surface area contributed by atoms with Gasteiger partial charge in [-0.05, 0) is 79.5 Å². The van der Waals surface area contributed by atoms with Crippen LogP contribution in [0.4, 0.5) is 5.69 Å². The molecule has 3 aromatic rings. The maximum atomic E-state index is 6.37. The number of rotatable bonds is 7. The van der Waals surface area contributed by atoms with Gasteiger partial charge in [0.25, 0.3) is 0 Å². The summed E-state index contributed by atoms with van der Waals surface area (Å²) in [6.45, 7) is 4.52. The second kappa shape index (κ2) is 11.9. The van der Waals surface area contributed by atoms with Crippen LogP contribution in [-0.4, -0.2) is 35.8 Å². The first-order valence-corrected chi connectivity index (χ1v) is 12.7. The van der Waals surface area contributed by atoms with E-state index in [1.165, 1.54) is 5.56 Å². The molecule has 7 heteroatoms. The number of thiocarbonyl (C=S) groups is 1. The molecule has 4 nitrogen and oxygen atoms in total. The summed E-state index contributed by atoms with van der Waals surface area (Å²) >= 11 is 18.1. The Kier molecular flexibility index (Phi) is 8.68. The van der Waals surface area contributed by atoms with E-state index in [4.69, 9.17) is 40.2 Å². The highest BCUT2D eigenvalue weighted by Gasteiger charge is 2.28. The van der Waals surface area contributed by atoms with Crippen LogP contribution in [0.15, 0.2) is 72.8 Å². The first-order valence-electron chi connectivity index (χ1n) is 11.6. The summed E-state index contributed by atoms with van der Waals surface area (Å²) in [4.78, 5) is 2.51. The number of piperidine rings is 1. The summed E-state index contributed by atoms with van der Waals surface area (Å²) in [5.74, 6) is 0.856. The van der Waals surface area contributed by atoms with Gasteiger partial charge in [0.1, 0.15) is 5.75 Å². The van der Waals surface area contributed by atoms with Crippen LogP contribution >= 0.6 is 35.4 Å². The molecule has 1 saturated heterocycles. The van der Waals surface area contributed by atoms with E-state index in [-0.39, 0.29) is 6.04 Å². The van der Waals surface area contributed by atoms with E-state index in [1.807, 2.05) is 49.4 Å². The number of nitrogens with zero attached hydrogens (tertiary/aromatic N) is 1. The molecule has 0 radical (unpaired) electrons. The third kappa shape index (κ3) is 6.42. The minimum atomic E-state index is 0.130. The molecule has 178 valence electrons. The largest absolute Gasteiger partial charge is 0.494 e. The predicted molar refractivity (Wildman–Crippen MR) is 146 cm³/mol. The topological polar surface area (TPSA) is 36.5 Å². The van der Waals surface area contributed by atoms with Crippen LogP contribution in [0.1, 0.15) is 36.9 Å². The Labute approximate surface area is 217 Å².